The predicted octanol–water partition coefficient (Wildman–Crippen LogP) is -0.555. The number of aryl methyl sites for hydroxylation is 1. The molecule has 0 bridgehead atoms. The lowest BCUT2D eigenvalue weighted by molar-refractivity contribution is 0.186. The Morgan fingerprint density at radius 1 is 1.43 bits per heavy atom. The van der Waals surface area contributed by atoms with Gasteiger partial charge in [0.15, 0.2) is 0 Å². The number of rotatable bonds is 7. The van der Waals surface area contributed by atoms with Crippen molar-refractivity contribution in [3.8, 4) is 0 Å². The summed E-state index contributed by atoms with van der Waals surface area (Å²) in [5.41, 5.74) is 0.573. The molecule has 0 spiro atoms. The van der Waals surface area contributed by atoms with E-state index in [0.29, 0.717) is 24.7 Å². The van der Waals surface area contributed by atoms with E-state index in [9.17, 15) is 8.42 Å². The van der Waals surface area contributed by atoms with Crippen LogP contribution in [-0.2, 0) is 34.9 Å². The number of hydrogen-bond donors (Lipinski definition) is 1. The van der Waals surface area contributed by atoms with E-state index in [2.05, 4.69) is 20.0 Å². The molecule has 0 atom stereocenters. The molecule has 21 heavy (non-hydrogen) atoms. The maximum Gasteiger partial charge on any atom is 0.244 e. The van der Waals surface area contributed by atoms with Crippen LogP contribution in [-0.4, -0.2) is 46.7 Å². The largest absolute Gasteiger partial charge is 0.383 e. The summed E-state index contributed by atoms with van der Waals surface area (Å²) in [6, 6.07) is 0. The first-order chi connectivity index (χ1) is 9.95. The smallest absolute Gasteiger partial charge is 0.244 e. The zero-order valence-corrected chi connectivity index (χ0v) is 13.0. The van der Waals surface area contributed by atoms with Crippen LogP contribution in [0.3, 0.4) is 0 Å². The molecular weight excluding hydrogens is 296 g/mol. The van der Waals surface area contributed by atoms with Crippen LogP contribution in [0.1, 0.15) is 11.5 Å². The number of ether oxygens (including phenoxy) is 1. The van der Waals surface area contributed by atoms with Gasteiger partial charge in [-0.1, -0.05) is 0 Å². The molecule has 0 unspecified atom stereocenters. The molecule has 2 heterocycles. The Hall–Kier alpha value is -1.78. The second-order valence-corrected chi connectivity index (χ2v) is 6.21. The molecule has 2 aromatic rings. The lowest BCUT2D eigenvalue weighted by Gasteiger charge is -2.08. The van der Waals surface area contributed by atoms with Gasteiger partial charge >= 0.3 is 0 Å². The Morgan fingerprint density at radius 2 is 2.19 bits per heavy atom. The summed E-state index contributed by atoms with van der Waals surface area (Å²) >= 11 is 0. The molecule has 10 heteroatoms. The van der Waals surface area contributed by atoms with Crippen molar-refractivity contribution in [2.24, 2.45) is 7.05 Å². The molecule has 0 saturated heterocycles. The van der Waals surface area contributed by atoms with Crippen molar-refractivity contribution in [3.63, 3.8) is 0 Å². The minimum atomic E-state index is -3.63. The van der Waals surface area contributed by atoms with Crippen molar-refractivity contribution >= 4 is 10.0 Å². The minimum absolute atomic E-state index is 0.0559. The third-order valence-corrected chi connectivity index (χ3v) is 4.64. The summed E-state index contributed by atoms with van der Waals surface area (Å²) < 4.78 is 35.2. The van der Waals surface area contributed by atoms with Crippen LogP contribution >= 0.6 is 0 Å². The van der Waals surface area contributed by atoms with Crippen LogP contribution in [0.2, 0.25) is 0 Å². The monoisotopic (exact) mass is 314 g/mol. The third-order valence-electron chi connectivity index (χ3n) is 3.13. The maximum absolute atomic E-state index is 12.2. The first kappa shape index (κ1) is 15.6. The third kappa shape index (κ3) is 3.46. The highest BCUT2D eigenvalue weighted by Crippen LogP contribution is 2.13. The van der Waals surface area contributed by atoms with E-state index in [-0.39, 0.29) is 11.4 Å². The van der Waals surface area contributed by atoms with Gasteiger partial charge in [0.05, 0.1) is 25.0 Å². The molecule has 0 saturated carbocycles. The van der Waals surface area contributed by atoms with Crippen LogP contribution in [0.15, 0.2) is 17.4 Å². The van der Waals surface area contributed by atoms with Crippen LogP contribution in [0.5, 0.6) is 0 Å². The molecule has 116 valence electrons. The summed E-state index contributed by atoms with van der Waals surface area (Å²) in [6.45, 7) is 2.81. The fourth-order valence-corrected chi connectivity index (χ4v) is 2.95. The van der Waals surface area contributed by atoms with E-state index < -0.39 is 10.0 Å². The quantitative estimate of drug-likeness (QED) is 0.735. The zero-order chi connectivity index (χ0) is 15.5. The molecular formula is C11H18N6O3S. The highest BCUT2D eigenvalue weighted by atomic mass is 32.2. The number of nitrogens with one attached hydrogen (secondary N) is 1. The molecule has 9 nitrogen and oxygen atoms in total. The Labute approximate surface area is 123 Å². The molecule has 0 radical (unpaired) electrons. The number of methoxy groups -OCH3 is 1. The van der Waals surface area contributed by atoms with Crippen LogP contribution in [0.25, 0.3) is 0 Å². The normalized spacial score (nSPS) is 12.0. The summed E-state index contributed by atoms with van der Waals surface area (Å²) in [4.78, 5) is 0.160. The average molecular weight is 314 g/mol. The van der Waals surface area contributed by atoms with Gasteiger partial charge in [-0.25, -0.2) is 13.1 Å². The van der Waals surface area contributed by atoms with Gasteiger partial charge in [0.2, 0.25) is 10.0 Å². The molecule has 0 aromatic carbocycles. The summed E-state index contributed by atoms with van der Waals surface area (Å²) in [6.07, 6.45) is 2.87. The van der Waals surface area contributed by atoms with E-state index in [1.807, 2.05) is 0 Å². The second-order valence-electron chi connectivity index (χ2n) is 4.48. The van der Waals surface area contributed by atoms with Crippen molar-refractivity contribution in [1.29, 1.82) is 0 Å². The lowest BCUT2D eigenvalue weighted by atomic mass is 10.5. The van der Waals surface area contributed by atoms with Crippen LogP contribution < -0.4 is 4.72 Å². The highest BCUT2D eigenvalue weighted by molar-refractivity contribution is 7.89. The Balaban J connectivity index is 2.09. The summed E-state index contributed by atoms with van der Waals surface area (Å²) in [5, 5.41) is 11.6. The molecule has 1 N–H and O–H groups in total. The minimum Gasteiger partial charge on any atom is -0.383 e. The molecule has 0 aliphatic carbocycles. The van der Waals surface area contributed by atoms with Crippen molar-refractivity contribution in [2.45, 2.75) is 24.9 Å². The van der Waals surface area contributed by atoms with E-state index >= 15 is 0 Å². The van der Waals surface area contributed by atoms with Gasteiger partial charge in [-0.3, -0.25) is 4.68 Å². The van der Waals surface area contributed by atoms with E-state index in [0.717, 1.165) is 0 Å². The van der Waals surface area contributed by atoms with Gasteiger partial charge in [0.1, 0.15) is 17.0 Å². The van der Waals surface area contributed by atoms with E-state index in [1.165, 1.54) is 17.2 Å². The topological polar surface area (TPSA) is 104 Å². The maximum atomic E-state index is 12.2. The fraction of sp³-hybridized carbons (Fsp3) is 0.545. The van der Waals surface area contributed by atoms with Gasteiger partial charge in [-0.05, 0) is 6.92 Å². The molecule has 0 aliphatic heterocycles. The molecule has 2 rings (SSSR count). The number of nitrogens with zero attached hydrogens (tertiary/aromatic N) is 5. The first-order valence-corrected chi connectivity index (χ1v) is 7.78. The van der Waals surface area contributed by atoms with E-state index in [1.54, 1.807) is 25.6 Å². The first-order valence-electron chi connectivity index (χ1n) is 6.29. The van der Waals surface area contributed by atoms with Crippen molar-refractivity contribution in [1.82, 2.24) is 29.3 Å². The lowest BCUT2D eigenvalue weighted by Crippen LogP contribution is -2.25. The van der Waals surface area contributed by atoms with Gasteiger partial charge in [-0.15, -0.1) is 10.2 Å². The van der Waals surface area contributed by atoms with Gasteiger partial charge in [-0.2, -0.15) is 5.10 Å². The molecule has 0 aliphatic rings. The molecule has 0 fully saturated rings. The summed E-state index contributed by atoms with van der Waals surface area (Å²) in [7, 11) is -0.344. The van der Waals surface area contributed by atoms with Gasteiger partial charge in [0.25, 0.3) is 0 Å². The number of aromatic nitrogens is 5. The zero-order valence-electron chi connectivity index (χ0n) is 12.1. The van der Waals surface area contributed by atoms with E-state index in [4.69, 9.17) is 4.74 Å². The van der Waals surface area contributed by atoms with Gasteiger partial charge < -0.3 is 9.30 Å². The average Bonchev–Trinajstić information content (AvgIpc) is 3.02. The van der Waals surface area contributed by atoms with Crippen LogP contribution in [0.4, 0.5) is 0 Å². The Morgan fingerprint density at radius 3 is 2.81 bits per heavy atom. The Kier molecular flexibility index (Phi) is 4.70. The summed E-state index contributed by atoms with van der Waals surface area (Å²) in [5.74, 6) is 0.525. The standard InChI is InChI=1S/C11H18N6O3S/c1-9-10(6-13-16(9)2)21(18,19)14-7-11-15-12-8-17(11)4-5-20-3/h6,8,14H,4-5,7H2,1-3H3. The van der Waals surface area contributed by atoms with Crippen LogP contribution in [0, 0.1) is 6.92 Å². The number of sulfonamides is 1. The molecule has 2 aromatic heterocycles. The second kappa shape index (κ2) is 6.33. The predicted molar refractivity (Wildman–Crippen MR) is 73.9 cm³/mol. The SMILES string of the molecule is COCCn1cnnc1CNS(=O)(=O)c1cnn(C)c1C. The van der Waals surface area contributed by atoms with Crippen molar-refractivity contribution < 1.29 is 13.2 Å². The molecule has 0 amide bonds. The van der Waals surface area contributed by atoms with Crippen molar-refractivity contribution in [3.05, 3.63) is 24.0 Å². The number of hydrogen-bond acceptors (Lipinski definition) is 6. The van der Waals surface area contributed by atoms with Gasteiger partial charge in [0, 0.05) is 20.7 Å². The Bertz CT molecular complexity index is 705. The van der Waals surface area contributed by atoms with Crippen molar-refractivity contribution in [2.75, 3.05) is 13.7 Å². The fourth-order valence-electron chi connectivity index (χ4n) is 1.77. The highest BCUT2D eigenvalue weighted by Gasteiger charge is 2.20.